The molecule has 0 unspecified atom stereocenters. The summed E-state index contributed by atoms with van der Waals surface area (Å²) in [6.07, 6.45) is 1.59. The Labute approximate surface area is 132 Å². The zero-order chi connectivity index (χ0) is 16.4. The van der Waals surface area contributed by atoms with Crippen LogP contribution < -0.4 is 5.32 Å². The topological polar surface area (TPSA) is 72.2 Å². The fraction of sp³-hybridized carbons (Fsp3) is 0.235. The van der Waals surface area contributed by atoms with Crippen molar-refractivity contribution in [2.45, 2.75) is 24.8 Å². The number of carbonyl (C=O) groups is 1. The summed E-state index contributed by atoms with van der Waals surface area (Å²) in [5.74, 6) is -0.876. The highest BCUT2D eigenvalue weighted by Gasteiger charge is 2.32. The van der Waals surface area contributed by atoms with Gasteiger partial charge < -0.3 is 5.32 Å². The van der Waals surface area contributed by atoms with Gasteiger partial charge in [-0.05, 0) is 36.5 Å². The second-order valence-electron chi connectivity index (χ2n) is 5.67. The lowest BCUT2D eigenvalue weighted by Gasteiger charge is -2.36. The number of rotatable bonds is 4. The largest absolute Gasteiger partial charge is 0.349 e. The van der Waals surface area contributed by atoms with Gasteiger partial charge in [0, 0.05) is 6.04 Å². The van der Waals surface area contributed by atoms with Gasteiger partial charge in [-0.3, -0.25) is 14.9 Å². The Balaban J connectivity index is 1.64. The summed E-state index contributed by atoms with van der Waals surface area (Å²) in [7, 11) is 0. The van der Waals surface area contributed by atoms with E-state index in [9.17, 15) is 19.3 Å². The first-order valence-corrected chi connectivity index (χ1v) is 7.34. The Morgan fingerprint density at radius 2 is 1.87 bits per heavy atom. The summed E-state index contributed by atoms with van der Waals surface area (Å²) in [6, 6.07) is 13.0. The number of nitrogens with one attached hydrogen (secondary N) is 1. The number of amides is 1. The summed E-state index contributed by atoms with van der Waals surface area (Å²) in [4.78, 5) is 22.4. The molecule has 1 saturated carbocycles. The normalized spacial score (nSPS) is 19.7. The lowest BCUT2D eigenvalue weighted by molar-refractivity contribution is -0.385. The minimum Gasteiger partial charge on any atom is -0.349 e. The molecule has 1 amide bonds. The van der Waals surface area contributed by atoms with E-state index < -0.39 is 22.3 Å². The van der Waals surface area contributed by atoms with Crippen molar-refractivity contribution < 1.29 is 14.1 Å². The van der Waals surface area contributed by atoms with Gasteiger partial charge in [0.05, 0.1) is 11.0 Å². The molecule has 1 aliphatic rings. The van der Waals surface area contributed by atoms with Crippen LogP contribution in [0.1, 0.15) is 34.7 Å². The summed E-state index contributed by atoms with van der Waals surface area (Å²) < 4.78 is 13.1. The SMILES string of the molecule is O=C(NC1CC(c2ccccc2)C1)c1ccc(F)cc1[N+](=O)[O-]. The molecule has 6 heteroatoms. The van der Waals surface area contributed by atoms with E-state index in [0.29, 0.717) is 5.92 Å². The molecule has 118 valence electrons. The van der Waals surface area contributed by atoms with E-state index >= 15 is 0 Å². The molecule has 3 rings (SSSR count). The predicted octanol–water partition coefficient (Wildman–Crippen LogP) is 3.41. The van der Waals surface area contributed by atoms with E-state index in [2.05, 4.69) is 5.32 Å². The monoisotopic (exact) mass is 314 g/mol. The highest BCUT2D eigenvalue weighted by Crippen LogP contribution is 2.37. The molecule has 0 bridgehead atoms. The van der Waals surface area contributed by atoms with Gasteiger partial charge in [-0.2, -0.15) is 0 Å². The molecule has 0 saturated heterocycles. The van der Waals surface area contributed by atoms with Crippen LogP contribution in [0.25, 0.3) is 0 Å². The molecule has 1 aliphatic carbocycles. The standard InChI is InChI=1S/C17H15FN2O3/c18-13-6-7-15(16(10-13)20(22)23)17(21)19-14-8-12(9-14)11-4-2-1-3-5-11/h1-7,10,12,14H,8-9H2,(H,19,21). The van der Waals surface area contributed by atoms with Crippen molar-refractivity contribution in [2.75, 3.05) is 0 Å². The van der Waals surface area contributed by atoms with Crippen molar-refractivity contribution >= 4 is 11.6 Å². The smallest absolute Gasteiger partial charge is 0.285 e. The zero-order valence-corrected chi connectivity index (χ0v) is 12.2. The van der Waals surface area contributed by atoms with Gasteiger partial charge in [0.2, 0.25) is 0 Å². The Morgan fingerprint density at radius 3 is 2.52 bits per heavy atom. The van der Waals surface area contributed by atoms with E-state index in [1.807, 2.05) is 30.3 Å². The number of carbonyl (C=O) groups excluding carboxylic acids is 1. The van der Waals surface area contributed by atoms with Crippen LogP contribution in [0.4, 0.5) is 10.1 Å². The van der Waals surface area contributed by atoms with Gasteiger partial charge in [0.15, 0.2) is 0 Å². The molecule has 2 aromatic carbocycles. The van der Waals surface area contributed by atoms with Crippen molar-refractivity contribution in [1.82, 2.24) is 5.32 Å². The van der Waals surface area contributed by atoms with Gasteiger partial charge in [-0.15, -0.1) is 0 Å². The third kappa shape index (κ3) is 3.21. The molecule has 0 atom stereocenters. The second-order valence-corrected chi connectivity index (χ2v) is 5.67. The fourth-order valence-corrected chi connectivity index (χ4v) is 2.84. The van der Waals surface area contributed by atoms with Gasteiger partial charge in [-0.25, -0.2) is 4.39 Å². The van der Waals surface area contributed by atoms with E-state index in [0.717, 1.165) is 31.0 Å². The zero-order valence-electron chi connectivity index (χ0n) is 12.2. The van der Waals surface area contributed by atoms with E-state index in [1.54, 1.807) is 0 Å². The first-order valence-electron chi connectivity index (χ1n) is 7.34. The third-order valence-corrected chi connectivity index (χ3v) is 4.15. The second kappa shape index (κ2) is 6.16. The molecule has 23 heavy (non-hydrogen) atoms. The first kappa shape index (κ1) is 15.1. The van der Waals surface area contributed by atoms with Crippen LogP contribution in [0, 0.1) is 15.9 Å². The Bertz CT molecular complexity index is 743. The maximum absolute atomic E-state index is 13.1. The number of halogens is 1. The molecule has 0 spiro atoms. The molecule has 5 nitrogen and oxygen atoms in total. The number of nitrogens with zero attached hydrogens (tertiary/aromatic N) is 1. The van der Waals surface area contributed by atoms with Crippen LogP contribution in [0.2, 0.25) is 0 Å². The predicted molar refractivity (Wildman–Crippen MR) is 82.7 cm³/mol. The maximum Gasteiger partial charge on any atom is 0.285 e. The fourth-order valence-electron chi connectivity index (χ4n) is 2.84. The van der Waals surface area contributed by atoms with E-state index in [4.69, 9.17) is 0 Å². The van der Waals surface area contributed by atoms with Gasteiger partial charge in [-0.1, -0.05) is 30.3 Å². The quantitative estimate of drug-likeness (QED) is 0.694. The van der Waals surface area contributed by atoms with Crippen LogP contribution >= 0.6 is 0 Å². The summed E-state index contributed by atoms with van der Waals surface area (Å²) in [5.41, 5.74) is 0.603. The molecule has 2 aromatic rings. The summed E-state index contributed by atoms with van der Waals surface area (Å²) >= 11 is 0. The minimum atomic E-state index is -0.745. The minimum absolute atomic E-state index is 0.0163. The van der Waals surface area contributed by atoms with Crippen molar-refractivity contribution in [3.63, 3.8) is 0 Å². The van der Waals surface area contributed by atoms with E-state index in [1.165, 1.54) is 5.56 Å². The molecule has 0 aliphatic heterocycles. The summed E-state index contributed by atoms with van der Waals surface area (Å²) in [5, 5.41) is 13.7. The Kier molecular flexibility index (Phi) is 4.06. The van der Waals surface area contributed by atoms with Crippen LogP contribution in [0.3, 0.4) is 0 Å². The van der Waals surface area contributed by atoms with Crippen LogP contribution in [0.5, 0.6) is 0 Å². The molecule has 0 radical (unpaired) electrons. The number of nitro benzene ring substituents is 1. The first-order chi connectivity index (χ1) is 11.0. The molecule has 0 aromatic heterocycles. The van der Waals surface area contributed by atoms with Crippen molar-refractivity contribution in [3.05, 3.63) is 75.6 Å². The van der Waals surface area contributed by atoms with Crippen molar-refractivity contribution in [2.24, 2.45) is 0 Å². The average Bonchev–Trinajstić information content (AvgIpc) is 2.51. The molecular weight excluding hydrogens is 299 g/mol. The molecule has 0 heterocycles. The van der Waals surface area contributed by atoms with Crippen LogP contribution in [0.15, 0.2) is 48.5 Å². The summed E-state index contributed by atoms with van der Waals surface area (Å²) in [6.45, 7) is 0. The average molecular weight is 314 g/mol. The highest BCUT2D eigenvalue weighted by atomic mass is 19.1. The van der Waals surface area contributed by atoms with Crippen LogP contribution in [-0.4, -0.2) is 16.9 Å². The third-order valence-electron chi connectivity index (χ3n) is 4.15. The van der Waals surface area contributed by atoms with E-state index in [-0.39, 0.29) is 11.6 Å². The van der Waals surface area contributed by atoms with Gasteiger partial charge in [0.25, 0.3) is 11.6 Å². The van der Waals surface area contributed by atoms with Gasteiger partial charge >= 0.3 is 0 Å². The lowest BCUT2D eigenvalue weighted by atomic mass is 9.76. The number of nitro groups is 1. The maximum atomic E-state index is 13.1. The highest BCUT2D eigenvalue weighted by molar-refractivity contribution is 5.98. The molecular formula is C17H15FN2O3. The van der Waals surface area contributed by atoms with Crippen LogP contribution in [-0.2, 0) is 0 Å². The van der Waals surface area contributed by atoms with Crippen molar-refractivity contribution in [3.8, 4) is 0 Å². The molecule has 1 fully saturated rings. The molecule has 1 N–H and O–H groups in total. The number of hydrogen-bond donors (Lipinski definition) is 1. The van der Waals surface area contributed by atoms with Crippen molar-refractivity contribution in [1.29, 1.82) is 0 Å². The lowest BCUT2D eigenvalue weighted by Crippen LogP contribution is -2.43. The number of benzene rings is 2. The van der Waals surface area contributed by atoms with Gasteiger partial charge in [0.1, 0.15) is 11.4 Å². The Morgan fingerprint density at radius 1 is 1.17 bits per heavy atom. The Hall–Kier alpha value is -2.76. The number of hydrogen-bond acceptors (Lipinski definition) is 3.